The molecule has 0 unspecified atom stereocenters. The van der Waals surface area contributed by atoms with Crippen LogP contribution in [0.2, 0.25) is 0 Å². The van der Waals surface area contributed by atoms with Crippen LogP contribution < -0.4 is 0 Å². The summed E-state index contributed by atoms with van der Waals surface area (Å²) < 4.78 is 12.2. The maximum absolute atomic E-state index is 11.7. The average molecular weight is 229 g/mol. The van der Waals surface area contributed by atoms with Crippen molar-refractivity contribution in [3.05, 3.63) is 17.5 Å². The van der Waals surface area contributed by atoms with Crippen molar-refractivity contribution in [1.82, 2.24) is 0 Å². The molecule has 1 saturated heterocycles. The second-order valence-corrected chi connectivity index (χ2v) is 5.32. The van der Waals surface area contributed by atoms with Crippen molar-refractivity contribution in [2.45, 2.75) is 38.8 Å². The standard InChI is InChI=1S/C10H15NO3S/c1-5-15-9-8-7(6(2)11(9)12)13-10(3,4)14-8/h7-8H,2,5H2,1,3-4H3/t7-,8-/m1/s1. The molecule has 2 aliphatic rings. The van der Waals surface area contributed by atoms with E-state index in [-0.39, 0.29) is 12.2 Å². The van der Waals surface area contributed by atoms with Gasteiger partial charge in [-0.2, -0.15) is 4.74 Å². The minimum atomic E-state index is -0.626. The molecule has 15 heavy (non-hydrogen) atoms. The van der Waals surface area contributed by atoms with Crippen LogP contribution >= 0.6 is 11.8 Å². The number of ether oxygens (including phenoxy) is 2. The van der Waals surface area contributed by atoms with E-state index in [2.05, 4.69) is 6.58 Å². The molecule has 0 aromatic carbocycles. The highest BCUT2D eigenvalue weighted by atomic mass is 32.2. The molecule has 2 atom stereocenters. The van der Waals surface area contributed by atoms with Gasteiger partial charge < -0.3 is 14.7 Å². The molecule has 0 spiro atoms. The zero-order valence-electron chi connectivity index (χ0n) is 9.15. The van der Waals surface area contributed by atoms with Crippen LogP contribution in [0.3, 0.4) is 0 Å². The molecule has 0 saturated carbocycles. The summed E-state index contributed by atoms with van der Waals surface area (Å²) in [6.45, 7) is 9.45. The Hall–Kier alpha value is -0.520. The average Bonchev–Trinajstić information content (AvgIpc) is 2.56. The molecule has 0 N–H and O–H groups in total. The molecule has 4 nitrogen and oxygen atoms in total. The quantitative estimate of drug-likeness (QED) is 0.507. The summed E-state index contributed by atoms with van der Waals surface area (Å²) in [7, 11) is 0. The van der Waals surface area contributed by atoms with Crippen molar-refractivity contribution >= 4 is 16.8 Å². The lowest BCUT2D eigenvalue weighted by atomic mass is 10.2. The Morgan fingerprint density at radius 3 is 2.67 bits per heavy atom. The van der Waals surface area contributed by atoms with Crippen molar-refractivity contribution in [2.24, 2.45) is 0 Å². The summed E-state index contributed by atoms with van der Waals surface area (Å²) in [6, 6.07) is 0. The normalized spacial score (nSPS) is 33.7. The van der Waals surface area contributed by atoms with Crippen LogP contribution in [0.5, 0.6) is 0 Å². The van der Waals surface area contributed by atoms with Crippen LogP contribution in [0.1, 0.15) is 20.8 Å². The van der Waals surface area contributed by atoms with Gasteiger partial charge >= 0.3 is 0 Å². The molecule has 2 aliphatic heterocycles. The van der Waals surface area contributed by atoms with Gasteiger partial charge in [-0.1, -0.05) is 18.7 Å². The number of hydrogen-bond acceptors (Lipinski definition) is 4. The molecule has 1 fully saturated rings. The molecule has 5 heteroatoms. The van der Waals surface area contributed by atoms with Gasteiger partial charge in [-0.3, -0.25) is 0 Å². The first-order chi connectivity index (χ1) is 6.96. The van der Waals surface area contributed by atoms with Crippen molar-refractivity contribution in [2.75, 3.05) is 5.75 Å². The van der Waals surface area contributed by atoms with E-state index in [1.807, 2.05) is 20.8 Å². The SMILES string of the molecule is C=C1[C@H]2OC(C)(C)O[C@H]2C(SCC)=[N+]1[O-]. The molecule has 0 amide bonds. The first kappa shape index (κ1) is 11.0. The fraction of sp³-hybridized carbons (Fsp3) is 0.700. The van der Waals surface area contributed by atoms with E-state index in [1.54, 1.807) is 0 Å². The molecule has 0 aromatic rings. The zero-order valence-corrected chi connectivity index (χ0v) is 9.97. The van der Waals surface area contributed by atoms with Crippen molar-refractivity contribution in [3.8, 4) is 0 Å². The van der Waals surface area contributed by atoms with E-state index >= 15 is 0 Å². The van der Waals surface area contributed by atoms with Crippen molar-refractivity contribution in [3.63, 3.8) is 0 Å². The highest BCUT2D eigenvalue weighted by molar-refractivity contribution is 8.13. The summed E-state index contributed by atoms with van der Waals surface area (Å²) in [5.41, 5.74) is 0.446. The van der Waals surface area contributed by atoms with E-state index in [1.165, 1.54) is 11.8 Å². The molecular weight excluding hydrogens is 214 g/mol. The van der Waals surface area contributed by atoms with Gasteiger partial charge in [-0.25, -0.2) is 0 Å². The summed E-state index contributed by atoms with van der Waals surface area (Å²) >= 11 is 1.49. The van der Waals surface area contributed by atoms with Gasteiger partial charge in [-0.05, 0) is 20.4 Å². The second kappa shape index (κ2) is 3.50. The lowest BCUT2D eigenvalue weighted by molar-refractivity contribution is -0.403. The minimum Gasteiger partial charge on any atom is -0.618 e. The molecule has 0 radical (unpaired) electrons. The topological polar surface area (TPSA) is 44.5 Å². The Morgan fingerprint density at radius 1 is 1.47 bits per heavy atom. The third-order valence-electron chi connectivity index (χ3n) is 2.42. The third-order valence-corrected chi connectivity index (χ3v) is 3.40. The Bertz CT molecular complexity index is 338. The summed E-state index contributed by atoms with van der Waals surface area (Å²) in [4.78, 5) is 0. The number of fused-ring (bicyclic) bond motifs is 1. The van der Waals surface area contributed by atoms with Gasteiger partial charge in [0.1, 0.15) is 0 Å². The molecule has 0 aliphatic carbocycles. The predicted molar refractivity (Wildman–Crippen MR) is 59.7 cm³/mol. The Labute approximate surface area is 93.5 Å². The predicted octanol–water partition coefficient (Wildman–Crippen LogP) is 1.70. The maximum atomic E-state index is 11.7. The number of rotatable bonds is 1. The third kappa shape index (κ3) is 1.68. The molecule has 2 rings (SSSR count). The summed E-state index contributed by atoms with van der Waals surface area (Å²) in [5.74, 6) is 0.216. The molecule has 84 valence electrons. The van der Waals surface area contributed by atoms with Gasteiger partial charge in [0.2, 0.25) is 5.70 Å². The fourth-order valence-corrected chi connectivity index (χ4v) is 2.71. The smallest absolute Gasteiger partial charge is 0.260 e. The van der Waals surface area contributed by atoms with Gasteiger partial charge in [0.25, 0.3) is 5.04 Å². The Kier molecular flexibility index (Phi) is 2.56. The largest absolute Gasteiger partial charge is 0.618 e. The highest BCUT2D eigenvalue weighted by Crippen LogP contribution is 2.38. The van der Waals surface area contributed by atoms with E-state index in [9.17, 15) is 5.21 Å². The van der Waals surface area contributed by atoms with Crippen LogP contribution in [0.25, 0.3) is 0 Å². The van der Waals surface area contributed by atoms with Crippen molar-refractivity contribution < 1.29 is 14.2 Å². The van der Waals surface area contributed by atoms with Crippen LogP contribution in [0, 0.1) is 5.21 Å². The summed E-state index contributed by atoms with van der Waals surface area (Å²) in [5, 5.41) is 12.4. The van der Waals surface area contributed by atoms with Crippen LogP contribution in [-0.4, -0.2) is 33.5 Å². The maximum Gasteiger partial charge on any atom is 0.260 e. The van der Waals surface area contributed by atoms with E-state index in [4.69, 9.17) is 9.47 Å². The van der Waals surface area contributed by atoms with Crippen LogP contribution in [0.4, 0.5) is 0 Å². The molecule has 2 heterocycles. The molecule has 0 aromatic heterocycles. The van der Waals surface area contributed by atoms with Gasteiger partial charge in [0.05, 0.1) is 0 Å². The Morgan fingerprint density at radius 2 is 2.07 bits per heavy atom. The highest BCUT2D eigenvalue weighted by Gasteiger charge is 2.55. The number of hydroxylamine groups is 1. The van der Waals surface area contributed by atoms with E-state index in [0.29, 0.717) is 10.7 Å². The van der Waals surface area contributed by atoms with Gasteiger partial charge in [0, 0.05) is 5.75 Å². The number of thioether (sulfide) groups is 1. The minimum absolute atomic E-state index is 0.269. The Balaban J connectivity index is 2.28. The van der Waals surface area contributed by atoms with Crippen LogP contribution in [-0.2, 0) is 9.47 Å². The zero-order chi connectivity index (χ0) is 11.2. The number of nitrogens with zero attached hydrogens (tertiary/aromatic N) is 1. The fourth-order valence-electron chi connectivity index (χ4n) is 1.85. The van der Waals surface area contributed by atoms with Crippen LogP contribution in [0.15, 0.2) is 12.3 Å². The van der Waals surface area contributed by atoms with Crippen molar-refractivity contribution in [1.29, 1.82) is 0 Å². The van der Waals surface area contributed by atoms with E-state index in [0.717, 1.165) is 10.5 Å². The summed E-state index contributed by atoms with van der Waals surface area (Å²) in [6.07, 6.45) is -0.582. The monoisotopic (exact) mass is 229 g/mol. The molecule has 0 bridgehead atoms. The lowest BCUT2D eigenvalue weighted by Gasteiger charge is -2.18. The lowest BCUT2D eigenvalue weighted by Crippen LogP contribution is -2.26. The molecular formula is C10H15NO3S. The first-order valence-electron chi connectivity index (χ1n) is 4.97. The van der Waals surface area contributed by atoms with Gasteiger partial charge in [0.15, 0.2) is 18.0 Å². The first-order valence-corrected chi connectivity index (χ1v) is 5.96. The number of hydrogen-bond donors (Lipinski definition) is 0. The second-order valence-electron chi connectivity index (χ2n) is 4.03. The van der Waals surface area contributed by atoms with Gasteiger partial charge in [-0.15, -0.1) is 0 Å². The van der Waals surface area contributed by atoms with E-state index < -0.39 is 5.79 Å².